The maximum Gasteiger partial charge on any atom is 0.253 e. The molecule has 1 aromatic heterocycles. The lowest BCUT2D eigenvalue weighted by Crippen LogP contribution is -2.24. The van der Waals surface area contributed by atoms with Gasteiger partial charge in [0, 0.05) is 24.7 Å². The van der Waals surface area contributed by atoms with Crippen LogP contribution in [0.4, 0.5) is 5.82 Å². The number of aromatic nitrogens is 1. The first kappa shape index (κ1) is 13.3. The molecule has 19 heavy (non-hydrogen) atoms. The molecule has 0 unspecified atom stereocenters. The highest BCUT2D eigenvalue weighted by atomic mass is 16.1. The largest absolute Gasteiger partial charge is 0.370 e. The van der Waals surface area contributed by atoms with E-state index in [9.17, 15) is 4.79 Å². The molecule has 1 aromatic carbocycles. The monoisotopic (exact) mass is 257 g/mol. The van der Waals surface area contributed by atoms with Gasteiger partial charge < -0.3 is 10.6 Å². The lowest BCUT2D eigenvalue weighted by atomic mass is 10.1. The van der Waals surface area contributed by atoms with Crippen LogP contribution < -0.4 is 10.6 Å². The average molecular weight is 257 g/mol. The van der Waals surface area contributed by atoms with Crippen LogP contribution in [0.25, 0.3) is 10.8 Å². The zero-order valence-corrected chi connectivity index (χ0v) is 11.4. The zero-order chi connectivity index (χ0) is 13.7. The van der Waals surface area contributed by atoms with E-state index in [4.69, 9.17) is 0 Å². The Morgan fingerprint density at radius 1 is 1.21 bits per heavy atom. The Morgan fingerprint density at radius 2 is 1.95 bits per heavy atom. The number of benzene rings is 1. The molecule has 0 aliphatic heterocycles. The Balaban J connectivity index is 2.46. The summed E-state index contributed by atoms with van der Waals surface area (Å²) >= 11 is 0. The summed E-state index contributed by atoms with van der Waals surface area (Å²) in [7, 11) is 0. The highest BCUT2D eigenvalue weighted by molar-refractivity contribution is 6.09. The average Bonchev–Trinajstić information content (AvgIpc) is 2.45. The predicted octanol–water partition coefficient (Wildman–Crippen LogP) is 2.81. The molecule has 0 saturated carbocycles. The summed E-state index contributed by atoms with van der Waals surface area (Å²) in [5.74, 6) is 0.763. The molecule has 0 fully saturated rings. The minimum absolute atomic E-state index is 0.0615. The summed E-state index contributed by atoms with van der Waals surface area (Å²) in [6, 6.07) is 7.84. The maximum absolute atomic E-state index is 12.1. The lowest BCUT2D eigenvalue weighted by molar-refractivity contribution is 0.0955. The second-order valence-corrected chi connectivity index (χ2v) is 4.35. The first-order chi connectivity index (χ1) is 9.27. The molecule has 1 amide bonds. The van der Waals surface area contributed by atoms with Crippen LogP contribution in [0.3, 0.4) is 0 Å². The zero-order valence-electron chi connectivity index (χ0n) is 11.4. The van der Waals surface area contributed by atoms with Gasteiger partial charge in [0.25, 0.3) is 5.91 Å². The number of rotatable bonds is 5. The fourth-order valence-corrected chi connectivity index (χ4v) is 2.02. The van der Waals surface area contributed by atoms with Crippen LogP contribution in [0, 0.1) is 0 Å². The highest BCUT2D eigenvalue weighted by Gasteiger charge is 2.12. The van der Waals surface area contributed by atoms with Gasteiger partial charge in [0.2, 0.25) is 0 Å². The summed E-state index contributed by atoms with van der Waals surface area (Å²) in [5.41, 5.74) is 0.630. The normalized spacial score (nSPS) is 10.4. The number of fused-ring (bicyclic) bond motifs is 1. The Labute approximate surface area is 113 Å². The Morgan fingerprint density at radius 3 is 2.63 bits per heavy atom. The number of nitrogens with one attached hydrogen (secondary N) is 2. The summed E-state index contributed by atoms with van der Waals surface area (Å²) < 4.78 is 0. The van der Waals surface area contributed by atoms with Crippen molar-refractivity contribution in [2.45, 2.75) is 20.3 Å². The number of nitrogens with zero attached hydrogens (tertiary/aromatic N) is 1. The molecule has 2 rings (SSSR count). The number of hydrogen-bond donors (Lipinski definition) is 2. The third-order valence-corrected chi connectivity index (χ3v) is 2.92. The van der Waals surface area contributed by atoms with Crippen LogP contribution in [0.5, 0.6) is 0 Å². The number of carbonyl (C=O) groups is 1. The molecule has 0 spiro atoms. The van der Waals surface area contributed by atoms with Gasteiger partial charge in [-0.25, -0.2) is 4.98 Å². The molecule has 4 nitrogen and oxygen atoms in total. The van der Waals surface area contributed by atoms with E-state index >= 15 is 0 Å². The summed E-state index contributed by atoms with van der Waals surface area (Å²) in [6.45, 7) is 5.55. The van der Waals surface area contributed by atoms with Crippen molar-refractivity contribution in [3.8, 4) is 0 Å². The summed E-state index contributed by atoms with van der Waals surface area (Å²) in [6.07, 6.45) is 2.57. The highest BCUT2D eigenvalue weighted by Crippen LogP contribution is 2.24. The van der Waals surface area contributed by atoms with E-state index in [0.29, 0.717) is 12.1 Å². The van der Waals surface area contributed by atoms with Gasteiger partial charge in [0.15, 0.2) is 0 Å². The molecular weight excluding hydrogens is 238 g/mol. The smallest absolute Gasteiger partial charge is 0.253 e. The van der Waals surface area contributed by atoms with Crippen molar-refractivity contribution in [3.05, 3.63) is 36.0 Å². The van der Waals surface area contributed by atoms with Crippen molar-refractivity contribution >= 4 is 22.5 Å². The third-order valence-electron chi connectivity index (χ3n) is 2.92. The van der Waals surface area contributed by atoms with Crippen molar-refractivity contribution in [2.75, 3.05) is 18.4 Å². The van der Waals surface area contributed by atoms with Crippen molar-refractivity contribution in [3.63, 3.8) is 0 Å². The fourth-order valence-electron chi connectivity index (χ4n) is 2.02. The van der Waals surface area contributed by atoms with Gasteiger partial charge in [0.05, 0.1) is 5.56 Å². The molecule has 2 aromatic rings. The van der Waals surface area contributed by atoms with Crippen LogP contribution >= 0.6 is 0 Å². The number of pyridine rings is 1. The molecule has 4 heteroatoms. The number of anilines is 1. The van der Waals surface area contributed by atoms with Crippen molar-refractivity contribution in [1.82, 2.24) is 10.3 Å². The molecule has 0 radical (unpaired) electrons. The standard InChI is InChI=1S/C15H19N3O/c1-3-9-17-15(19)13-10-18-14(16-4-2)12-8-6-5-7-11(12)13/h5-8,10H,3-4,9H2,1-2H3,(H,16,18)(H,17,19). The van der Waals surface area contributed by atoms with E-state index in [1.165, 1.54) is 0 Å². The van der Waals surface area contributed by atoms with Crippen LogP contribution in [0.2, 0.25) is 0 Å². The minimum Gasteiger partial charge on any atom is -0.370 e. The van der Waals surface area contributed by atoms with E-state index in [1.54, 1.807) is 6.20 Å². The second-order valence-electron chi connectivity index (χ2n) is 4.35. The van der Waals surface area contributed by atoms with E-state index < -0.39 is 0 Å². The Hall–Kier alpha value is -2.10. The summed E-state index contributed by atoms with van der Waals surface area (Å²) in [5, 5.41) is 8.02. The molecule has 0 aliphatic carbocycles. The van der Waals surface area contributed by atoms with Gasteiger partial charge in [-0.2, -0.15) is 0 Å². The maximum atomic E-state index is 12.1. The predicted molar refractivity (Wildman–Crippen MR) is 78.5 cm³/mol. The van der Waals surface area contributed by atoms with E-state index in [2.05, 4.69) is 15.6 Å². The van der Waals surface area contributed by atoms with Gasteiger partial charge in [0.1, 0.15) is 5.82 Å². The molecule has 0 bridgehead atoms. The van der Waals surface area contributed by atoms with E-state index in [0.717, 1.165) is 29.6 Å². The molecule has 2 N–H and O–H groups in total. The van der Waals surface area contributed by atoms with Gasteiger partial charge in [-0.1, -0.05) is 31.2 Å². The SMILES string of the molecule is CCCNC(=O)c1cnc(NCC)c2ccccc12. The first-order valence-electron chi connectivity index (χ1n) is 6.67. The van der Waals surface area contributed by atoms with Crippen molar-refractivity contribution in [2.24, 2.45) is 0 Å². The number of hydrogen-bond acceptors (Lipinski definition) is 3. The van der Waals surface area contributed by atoms with Gasteiger partial charge in [-0.05, 0) is 18.7 Å². The van der Waals surface area contributed by atoms with E-state index in [1.807, 2.05) is 38.1 Å². The van der Waals surface area contributed by atoms with Crippen molar-refractivity contribution in [1.29, 1.82) is 0 Å². The minimum atomic E-state index is -0.0615. The molecule has 0 saturated heterocycles. The molecule has 0 aliphatic rings. The van der Waals surface area contributed by atoms with Gasteiger partial charge in [-0.3, -0.25) is 4.79 Å². The second kappa shape index (κ2) is 6.18. The van der Waals surface area contributed by atoms with Crippen LogP contribution in [-0.4, -0.2) is 24.0 Å². The molecule has 1 heterocycles. The van der Waals surface area contributed by atoms with E-state index in [-0.39, 0.29) is 5.91 Å². The number of carbonyl (C=O) groups excluding carboxylic acids is 1. The van der Waals surface area contributed by atoms with Crippen LogP contribution in [0.1, 0.15) is 30.6 Å². The fraction of sp³-hybridized carbons (Fsp3) is 0.333. The Kier molecular flexibility index (Phi) is 4.34. The number of amides is 1. The van der Waals surface area contributed by atoms with Crippen molar-refractivity contribution < 1.29 is 4.79 Å². The molecular formula is C15H19N3O. The summed E-state index contributed by atoms with van der Waals surface area (Å²) in [4.78, 5) is 16.5. The van der Waals surface area contributed by atoms with Crippen LogP contribution in [-0.2, 0) is 0 Å². The lowest BCUT2D eigenvalue weighted by Gasteiger charge is -2.11. The molecule has 100 valence electrons. The molecule has 0 atom stereocenters. The quantitative estimate of drug-likeness (QED) is 0.866. The first-order valence-corrected chi connectivity index (χ1v) is 6.67. The van der Waals surface area contributed by atoms with Crippen LogP contribution in [0.15, 0.2) is 30.5 Å². The van der Waals surface area contributed by atoms with Gasteiger partial charge >= 0.3 is 0 Å². The Bertz CT molecular complexity index is 581. The third kappa shape index (κ3) is 2.84. The van der Waals surface area contributed by atoms with Gasteiger partial charge in [-0.15, -0.1) is 0 Å². The topological polar surface area (TPSA) is 54.0 Å².